The van der Waals surface area contributed by atoms with Crippen molar-refractivity contribution in [3.05, 3.63) is 53.7 Å². The van der Waals surface area contributed by atoms with Gasteiger partial charge in [0.2, 0.25) is 5.88 Å². The van der Waals surface area contributed by atoms with Crippen molar-refractivity contribution in [2.24, 2.45) is 4.99 Å². The molecule has 0 amide bonds. The Bertz CT molecular complexity index is 837. The van der Waals surface area contributed by atoms with E-state index in [2.05, 4.69) is 61.4 Å². The van der Waals surface area contributed by atoms with Gasteiger partial charge in [-0.2, -0.15) is 13.2 Å². The predicted octanol–water partition coefficient (Wildman–Crippen LogP) is 3.28. The lowest BCUT2D eigenvalue weighted by Gasteiger charge is -2.20. The number of nitrogens with one attached hydrogen (secondary N) is 2. The first-order valence-electron chi connectivity index (χ1n) is 9.75. The molecule has 1 aromatic carbocycles. The van der Waals surface area contributed by atoms with Crippen molar-refractivity contribution in [2.75, 3.05) is 31.6 Å². The van der Waals surface area contributed by atoms with Crippen molar-refractivity contribution in [1.29, 1.82) is 0 Å². The zero-order valence-electron chi connectivity index (χ0n) is 17.0. The molecule has 0 bridgehead atoms. The Morgan fingerprint density at radius 2 is 2.00 bits per heavy atom. The smallest absolute Gasteiger partial charge is 0.422 e. The number of ether oxygens (including phenoxy) is 1. The molecule has 0 saturated carbocycles. The number of pyridine rings is 1. The van der Waals surface area contributed by atoms with Gasteiger partial charge in [0.15, 0.2) is 12.6 Å². The molecule has 9 heteroatoms. The van der Waals surface area contributed by atoms with Gasteiger partial charge in [0.05, 0.1) is 0 Å². The first-order chi connectivity index (χ1) is 14.3. The normalized spacial score (nSPS) is 17.2. The Hall–Kier alpha value is -2.97. The van der Waals surface area contributed by atoms with E-state index in [0.29, 0.717) is 12.5 Å². The van der Waals surface area contributed by atoms with Crippen molar-refractivity contribution in [1.82, 2.24) is 15.6 Å². The number of hydrogen-bond acceptors (Lipinski definition) is 4. The minimum atomic E-state index is -4.38. The van der Waals surface area contributed by atoms with Crippen LogP contribution in [0.25, 0.3) is 0 Å². The van der Waals surface area contributed by atoms with Gasteiger partial charge in [0.1, 0.15) is 0 Å². The number of guanidine groups is 1. The Kier molecular flexibility index (Phi) is 7.02. The van der Waals surface area contributed by atoms with E-state index in [1.807, 2.05) is 0 Å². The number of benzene rings is 1. The highest BCUT2D eigenvalue weighted by Crippen LogP contribution is 2.21. The fraction of sp³-hybridized carbons (Fsp3) is 0.429. The van der Waals surface area contributed by atoms with Crippen LogP contribution in [0.1, 0.15) is 17.5 Å². The molecule has 0 radical (unpaired) electrons. The number of aryl methyl sites for hydroxylation is 1. The fourth-order valence-electron chi connectivity index (χ4n) is 3.20. The van der Waals surface area contributed by atoms with Gasteiger partial charge in [-0.3, -0.25) is 4.99 Å². The van der Waals surface area contributed by atoms with Crippen LogP contribution in [-0.2, 0) is 6.54 Å². The van der Waals surface area contributed by atoms with Crippen LogP contribution >= 0.6 is 0 Å². The molecule has 162 valence electrons. The molecular weight excluding hydrogens is 395 g/mol. The van der Waals surface area contributed by atoms with Gasteiger partial charge in [-0.1, -0.05) is 23.8 Å². The quantitative estimate of drug-likeness (QED) is 0.554. The third-order valence-electron chi connectivity index (χ3n) is 4.79. The van der Waals surface area contributed by atoms with Crippen molar-refractivity contribution in [3.63, 3.8) is 0 Å². The molecule has 2 heterocycles. The Balaban J connectivity index is 1.45. The van der Waals surface area contributed by atoms with Crippen LogP contribution in [0.2, 0.25) is 0 Å². The molecular formula is C21H26F3N5O. The standard InChI is InChI=1S/C21H26F3N5O/c1-15-3-6-18(7-4-15)29-10-9-17(13-29)28-20(25-2)27-12-16-5-8-19(26-11-16)30-14-21(22,23)24/h3-8,11,17H,9-10,12-14H2,1-2H3,(H2,25,27,28). The van der Waals surface area contributed by atoms with Gasteiger partial charge in [0, 0.05) is 50.7 Å². The summed E-state index contributed by atoms with van der Waals surface area (Å²) in [6.07, 6.45) is -1.89. The maximum atomic E-state index is 12.2. The second-order valence-corrected chi connectivity index (χ2v) is 7.25. The number of nitrogens with zero attached hydrogens (tertiary/aromatic N) is 3. The molecule has 0 aliphatic carbocycles. The molecule has 1 atom stereocenters. The van der Waals surface area contributed by atoms with Gasteiger partial charge in [-0.15, -0.1) is 0 Å². The monoisotopic (exact) mass is 421 g/mol. The van der Waals surface area contributed by atoms with E-state index in [1.165, 1.54) is 23.5 Å². The lowest BCUT2D eigenvalue weighted by molar-refractivity contribution is -0.154. The molecule has 1 fully saturated rings. The second kappa shape index (κ2) is 9.69. The van der Waals surface area contributed by atoms with E-state index in [0.717, 1.165) is 25.1 Å². The Labute approximate surface area is 174 Å². The Morgan fingerprint density at radius 1 is 1.23 bits per heavy atom. The van der Waals surface area contributed by atoms with Crippen molar-refractivity contribution >= 4 is 11.6 Å². The number of aliphatic imine (C=N–C) groups is 1. The molecule has 2 N–H and O–H groups in total. The number of alkyl halides is 3. The summed E-state index contributed by atoms with van der Waals surface area (Å²) >= 11 is 0. The number of aromatic nitrogens is 1. The number of hydrogen-bond donors (Lipinski definition) is 2. The SMILES string of the molecule is CN=C(NCc1ccc(OCC(F)(F)F)nc1)NC1CCN(c2ccc(C)cc2)C1. The topological polar surface area (TPSA) is 61.8 Å². The van der Waals surface area contributed by atoms with E-state index in [9.17, 15) is 13.2 Å². The van der Waals surface area contributed by atoms with Gasteiger partial charge in [-0.25, -0.2) is 4.98 Å². The lowest BCUT2D eigenvalue weighted by Crippen LogP contribution is -2.44. The van der Waals surface area contributed by atoms with Gasteiger partial charge in [-0.05, 0) is 31.0 Å². The van der Waals surface area contributed by atoms with E-state index in [-0.39, 0.29) is 11.9 Å². The zero-order valence-corrected chi connectivity index (χ0v) is 17.0. The Morgan fingerprint density at radius 3 is 2.63 bits per heavy atom. The van der Waals surface area contributed by atoms with Crippen LogP contribution in [-0.4, -0.2) is 49.9 Å². The largest absolute Gasteiger partial charge is 0.468 e. The van der Waals surface area contributed by atoms with Gasteiger partial charge >= 0.3 is 6.18 Å². The van der Waals surface area contributed by atoms with Crippen LogP contribution < -0.4 is 20.3 Å². The van der Waals surface area contributed by atoms with Crippen molar-refractivity contribution in [2.45, 2.75) is 32.1 Å². The molecule has 0 spiro atoms. The van der Waals surface area contributed by atoms with E-state index in [1.54, 1.807) is 13.1 Å². The molecule has 1 aromatic heterocycles. The summed E-state index contributed by atoms with van der Waals surface area (Å²) in [6.45, 7) is 3.03. The second-order valence-electron chi connectivity index (χ2n) is 7.25. The average Bonchev–Trinajstić information content (AvgIpc) is 3.19. The average molecular weight is 421 g/mol. The molecule has 6 nitrogen and oxygen atoms in total. The maximum Gasteiger partial charge on any atom is 0.422 e. The summed E-state index contributed by atoms with van der Waals surface area (Å²) in [7, 11) is 1.70. The predicted molar refractivity (Wildman–Crippen MR) is 111 cm³/mol. The van der Waals surface area contributed by atoms with Crippen LogP contribution in [0.3, 0.4) is 0 Å². The highest BCUT2D eigenvalue weighted by Gasteiger charge is 2.28. The summed E-state index contributed by atoms with van der Waals surface area (Å²) < 4.78 is 41.2. The number of rotatable bonds is 6. The molecule has 1 aliphatic heterocycles. The first-order valence-corrected chi connectivity index (χ1v) is 9.75. The summed E-state index contributed by atoms with van der Waals surface area (Å²) in [4.78, 5) is 10.5. The lowest BCUT2D eigenvalue weighted by atomic mass is 10.2. The summed E-state index contributed by atoms with van der Waals surface area (Å²) in [5.41, 5.74) is 3.27. The molecule has 1 unspecified atom stereocenters. The molecule has 1 aliphatic rings. The molecule has 1 saturated heterocycles. The van der Waals surface area contributed by atoms with Crippen LogP contribution in [0.5, 0.6) is 5.88 Å². The first kappa shape index (κ1) is 21.7. The van der Waals surface area contributed by atoms with Crippen molar-refractivity contribution < 1.29 is 17.9 Å². The van der Waals surface area contributed by atoms with Crippen molar-refractivity contribution in [3.8, 4) is 5.88 Å². The highest BCUT2D eigenvalue weighted by atomic mass is 19.4. The maximum absolute atomic E-state index is 12.2. The van der Waals surface area contributed by atoms with E-state index < -0.39 is 12.8 Å². The third-order valence-corrected chi connectivity index (χ3v) is 4.79. The number of halogens is 3. The molecule has 3 rings (SSSR count). The van der Waals surface area contributed by atoms with Crippen LogP contribution in [0.15, 0.2) is 47.6 Å². The summed E-state index contributed by atoms with van der Waals surface area (Å²) in [5.74, 6) is 0.615. The zero-order chi connectivity index (χ0) is 21.6. The van der Waals surface area contributed by atoms with Crippen LogP contribution in [0, 0.1) is 6.92 Å². The molecule has 2 aromatic rings. The van der Waals surface area contributed by atoms with Gasteiger partial charge < -0.3 is 20.3 Å². The van der Waals surface area contributed by atoms with E-state index >= 15 is 0 Å². The molecule has 30 heavy (non-hydrogen) atoms. The minimum Gasteiger partial charge on any atom is -0.468 e. The number of anilines is 1. The van der Waals surface area contributed by atoms with E-state index in [4.69, 9.17) is 0 Å². The van der Waals surface area contributed by atoms with Gasteiger partial charge in [0.25, 0.3) is 0 Å². The third kappa shape index (κ3) is 6.53. The minimum absolute atomic E-state index is 0.0549. The fourth-order valence-corrected chi connectivity index (χ4v) is 3.20. The summed E-state index contributed by atoms with van der Waals surface area (Å²) in [6, 6.07) is 11.9. The highest BCUT2D eigenvalue weighted by molar-refractivity contribution is 5.80. The summed E-state index contributed by atoms with van der Waals surface area (Å²) in [5, 5.41) is 6.63. The van der Waals surface area contributed by atoms with Crippen LogP contribution in [0.4, 0.5) is 18.9 Å².